The monoisotopic (exact) mass is 513 g/mol. The van der Waals surface area contributed by atoms with Crippen LogP contribution in [0.1, 0.15) is 24.8 Å². The third-order valence-corrected chi connectivity index (χ3v) is 7.94. The summed E-state index contributed by atoms with van der Waals surface area (Å²) >= 11 is 0. The predicted octanol–water partition coefficient (Wildman–Crippen LogP) is 3.55. The summed E-state index contributed by atoms with van der Waals surface area (Å²) in [5.41, 5.74) is 2.41. The van der Waals surface area contributed by atoms with E-state index in [0.717, 1.165) is 24.7 Å². The summed E-state index contributed by atoms with van der Waals surface area (Å²) in [6.07, 6.45) is 5.98. The van der Waals surface area contributed by atoms with Crippen LogP contribution in [0.4, 0.5) is 4.39 Å². The van der Waals surface area contributed by atoms with Crippen LogP contribution in [-0.2, 0) is 19.4 Å². The van der Waals surface area contributed by atoms with Crippen LogP contribution in [0.2, 0.25) is 0 Å². The van der Waals surface area contributed by atoms with Crippen LogP contribution in [0.3, 0.4) is 0 Å². The van der Waals surface area contributed by atoms with Gasteiger partial charge in [0.25, 0.3) is 0 Å². The normalized spacial score (nSPS) is 19.1. The van der Waals surface area contributed by atoms with Gasteiger partial charge in [0.2, 0.25) is 5.91 Å². The van der Waals surface area contributed by atoms with Gasteiger partial charge in [-0.15, -0.1) is 0 Å². The van der Waals surface area contributed by atoms with Crippen LogP contribution >= 0.6 is 0 Å². The van der Waals surface area contributed by atoms with Gasteiger partial charge in [0, 0.05) is 67.8 Å². The van der Waals surface area contributed by atoms with E-state index >= 15 is 0 Å². The predicted molar refractivity (Wildman–Crippen MR) is 132 cm³/mol. The van der Waals surface area contributed by atoms with Crippen LogP contribution in [0.15, 0.2) is 41.7 Å². The third-order valence-electron chi connectivity index (χ3n) is 6.81. The first-order valence-electron chi connectivity index (χ1n) is 12.0. The molecular formula is C26H28FN3O5S. The molecule has 0 radical (unpaired) electrons. The first-order valence-corrected chi connectivity index (χ1v) is 13.9. The second-order valence-electron chi connectivity index (χ2n) is 9.48. The van der Waals surface area contributed by atoms with E-state index in [2.05, 4.69) is 9.97 Å². The average molecular weight is 514 g/mol. The fourth-order valence-electron chi connectivity index (χ4n) is 4.99. The highest BCUT2D eigenvalue weighted by Gasteiger charge is 2.33. The van der Waals surface area contributed by atoms with Crippen molar-refractivity contribution >= 4 is 26.6 Å². The number of likely N-dealkylation sites (tertiary alicyclic amines) is 1. The molecule has 190 valence electrons. The summed E-state index contributed by atoms with van der Waals surface area (Å²) in [6, 6.07) is 6.48. The van der Waals surface area contributed by atoms with Gasteiger partial charge in [0.05, 0.1) is 12.1 Å². The standard InChI is InChI=1S/C26H28FN3O5S/c1-16-11-18(14-29-25(16)36(2,32)33)20-3-7-28-23-13-22(27)24(12-21(20)23)35-19-4-8-30(15-19)26(31)17-5-9-34-10-6-17/h3,7,11-14,17,19H,4-6,8-10,15H2,1-2H3/t19-/m0/s1. The van der Waals surface area contributed by atoms with Crippen LogP contribution in [0, 0.1) is 18.7 Å². The molecular weight excluding hydrogens is 485 g/mol. The van der Waals surface area contributed by atoms with Crippen molar-refractivity contribution in [2.45, 2.75) is 37.3 Å². The van der Waals surface area contributed by atoms with Crippen LogP contribution < -0.4 is 4.74 Å². The summed E-state index contributed by atoms with van der Waals surface area (Å²) in [7, 11) is -3.45. The van der Waals surface area contributed by atoms with Gasteiger partial charge in [-0.3, -0.25) is 9.78 Å². The van der Waals surface area contributed by atoms with Crippen molar-refractivity contribution in [3.05, 3.63) is 48.0 Å². The lowest BCUT2D eigenvalue weighted by Crippen LogP contribution is -2.38. The van der Waals surface area contributed by atoms with Gasteiger partial charge in [-0.1, -0.05) is 0 Å². The number of aromatic nitrogens is 2. The number of sulfone groups is 1. The lowest BCUT2D eigenvalue weighted by molar-refractivity contribution is -0.137. The minimum Gasteiger partial charge on any atom is -0.485 e. The molecule has 0 saturated carbocycles. The van der Waals surface area contributed by atoms with Crippen LogP contribution in [-0.4, -0.2) is 67.9 Å². The zero-order valence-corrected chi connectivity index (χ0v) is 21.1. The van der Waals surface area contributed by atoms with Crippen molar-refractivity contribution in [1.29, 1.82) is 0 Å². The maximum atomic E-state index is 15.0. The van der Waals surface area contributed by atoms with Crippen LogP contribution in [0.5, 0.6) is 5.75 Å². The minimum atomic E-state index is -3.45. The van der Waals surface area contributed by atoms with Gasteiger partial charge in [0.15, 0.2) is 26.4 Å². The van der Waals surface area contributed by atoms with Gasteiger partial charge in [-0.05, 0) is 49.1 Å². The highest BCUT2D eigenvalue weighted by atomic mass is 32.2. The molecule has 4 heterocycles. The summed E-state index contributed by atoms with van der Waals surface area (Å²) in [5, 5.41) is 0.691. The molecule has 1 atom stereocenters. The molecule has 0 aliphatic carbocycles. The van der Waals surface area contributed by atoms with Crippen LogP contribution in [0.25, 0.3) is 22.0 Å². The smallest absolute Gasteiger partial charge is 0.225 e. The molecule has 0 spiro atoms. The zero-order chi connectivity index (χ0) is 25.4. The Bertz CT molecular complexity index is 1420. The Morgan fingerprint density at radius 2 is 1.94 bits per heavy atom. The lowest BCUT2D eigenvalue weighted by Gasteiger charge is -2.26. The van der Waals surface area contributed by atoms with Crippen molar-refractivity contribution in [2.24, 2.45) is 5.92 Å². The van der Waals surface area contributed by atoms with Gasteiger partial charge in [0.1, 0.15) is 6.10 Å². The van der Waals surface area contributed by atoms with E-state index in [1.54, 1.807) is 31.3 Å². The van der Waals surface area contributed by atoms with Gasteiger partial charge >= 0.3 is 0 Å². The Morgan fingerprint density at radius 1 is 1.17 bits per heavy atom. The lowest BCUT2D eigenvalue weighted by atomic mass is 9.99. The first kappa shape index (κ1) is 24.6. The number of amides is 1. The number of halogens is 1. The number of benzene rings is 1. The van der Waals surface area contributed by atoms with Crippen molar-refractivity contribution in [2.75, 3.05) is 32.6 Å². The van der Waals surface area contributed by atoms with E-state index in [9.17, 15) is 17.6 Å². The molecule has 36 heavy (non-hydrogen) atoms. The number of aryl methyl sites for hydroxylation is 1. The number of hydrogen-bond acceptors (Lipinski definition) is 7. The Morgan fingerprint density at radius 3 is 2.67 bits per heavy atom. The molecule has 0 N–H and O–H groups in total. The molecule has 5 rings (SSSR count). The van der Waals surface area contributed by atoms with Crippen molar-refractivity contribution < 1.29 is 27.1 Å². The average Bonchev–Trinajstić information content (AvgIpc) is 3.32. The minimum absolute atomic E-state index is 0.0188. The van der Waals surface area contributed by atoms with E-state index < -0.39 is 15.7 Å². The number of nitrogens with zero attached hydrogens (tertiary/aromatic N) is 3. The third kappa shape index (κ3) is 4.92. The van der Waals surface area contributed by atoms with E-state index in [1.807, 2.05) is 4.90 Å². The molecule has 0 bridgehead atoms. The topological polar surface area (TPSA) is 98.7 Å². The van der Waals surface area contributed by atoms with Crippen molar-refractivity contribution in [1.82, 2.24) is 14.9 Å². The largest absolute Gasteiger partial charge is 0.485 e. The molecule has 1 aromatic carbocycles. The van der Waals surface area contributed by atoms with Gasteiger partial charge < -0.3 is 14.4 Å². The van der Waals surface area contributed by atoms with Crippen molar-refractivity contribution in [3.63, 3.8) is 0 Å². The maximum Gasteiger partial charge on any atom is 0.225 e. The maximum absolute atomic E-state index is 15.0. The fourth-order valence-corrected chi connectivity index (χ4v) is 5.88. The van der Waals surface area contributed by atoms with E-state index in [4.69, 9.17) is 9.47 Å². The van der Waals surface area contributed by atoms with Gasteiger partial charge in [-0.25, -0.2) is 17.8 Å². The molecule has 3 aromatic rings. The number of pyridine rings is 2. The zero-order valence-electron chi connectivity index (χ0n) is 20.2. The quantitative estimate of drug-likeness (QED) is 0.515. The van der Waals surface area contributed by atoms with Gasteiger partial charge in [-0.2, -0.15) is 0 Å². The van der Waals surface area contributed by atoms with Crippen molar-refractivity contribution in [3.8, 4) is 16.9 Å². The second kappa shape index (κ2) is 9.74. The molecule has 8 nitrogen and oxygen atoms in total. The number of fused-ring (bicyclic) bond motifs is 1. The Hall–Kier alpha value is -3.11. The number of carbonyl (C=O) groups is 1. The Balaban J connectivity index is 1.40. The molecule has 0 unspecified atom stereocenters. The highest BCUT2D eigenvalue weighted by molar-refractivity contribution is 7.90. The number of rotatable bonds is 5. The summed E-state index contributed by atoms with van der Waals surface area (Å²) in [4.78, 5) is 23.1. The molecule has 2 aromatic heterocycles. The number of ether oxygens (including phenoxy) is 2. The SMILES string of the molecule is Cc1cc(-c2ccnc3cc(F)c(O[C@H]4CCN(C(=O)C5CCOCC5)C4)cc23)cnc1S(C)(=O)=O. The molecule has 2 saturated heterocycles. The van der Waals surface area contributed by atoms with E-state index in [-0.39, 0.29) is 28.7 Å². The van der Waals surface area contributed by atoms with E-state index in [1.165, 1.54) is 12.3 Å². The molecule has 2 aliphatic rings. The Kier molecular flexibility index (Phi) is 6.65. The molecule has 2 aliphatic heterocycles. The highest BCUT2D eigenvalue weighted by Crippen LogP contribution is 2.34. The Labute approximate surface area is 209 Å². The fraction of sp³-hybridized carbons (Fsp3) is 0.423. The summed E-state index contributed by atoms with van der Waals surface area (Å²) < 4.78 is 50.3. The van der Waals surface area contributed by atoms with E-state index in [0.29, 0.717) is 54.8 Å². The summed E-state index contributed by atoms with van der Waals surface area (Å²) in [6.45, 7) is 3.91. The number of carbonyl (C=O) groups excluding carboxylic acids is 1. The second-order valence-corrected chi connectivity index (χ2v) is 11.4. The first-order chi connectivity index (χ1) is 17.2. The molecule has 1 amide bonds. The molecule has 10 heteroatoms. The number of hydrogen-bond donors (Lipinski definition) is 0. The summed E-state index contributed by atoms with van der Waals surface area (Å²) in [5.74, 6) is -0.326. The molecule has 2 fully saturated rings.